The minimum atomic E-state index is -0.574. The molecule has 0 spiro atoms. The molecule has 2 aliphatic rings. The lowest BCUT2D eigenvalue weighted by molar-refractivity contribution is -0.151. The van der Waals surface area contributed by atoms with Crippen molar-refractivity contribution in [2.75, 3.05) is 26.4 Å². The summed E-state index contributed by atoms with van der Waals surface area (Å²) in [5, 5.41) is 12.7. The van der Waals surface area contributed by atoms with E-state index in [1.807, 2.05) is 72.8 Å². The van der Waals surface area contributed by atoms with Gasteiger partial charge in [0, 0.05) is 13.0 Å². The van der Waals surface area contributed by atoms with E-state index in [1.54, 1.807) is 4.90 Å². The molecule has 1 saturated heterocycles. The number of carbonyl (C=O) groups excluding carboxylic acids is 3. The quantitative estimate of drug-likeness (QED) is 0.342. The van der Waals surface area contributed by atoms with Gasteiger partial charge in [-0.1, -0.05) is 72.8 Å². The number of nitrogens with zero attached hydrogens (tertiary/aromatic N) is 1. The molecule has 42 heavy (non-hydrogen) atoms. The maximum Gasteiger partial charge on any atom is 0.309 e. The lowest BCUT2D eigenvalue weighted by atomic mass is 9.93. The summed E-state index contributed by atoms with van der Waals surface area (Å²) in [4.78, 5) is 41.7. The van der Waals surface area contributed by atoms with Crippen LogP contribution in [0.3, 0.4) is 0 Å². The first-order valence-electron chi connectivity index (χ1n) is 15.2. The van der Waals surface area contributed by atoms with Gasteiger partial charge in [-0.25, -0.2) is 0 Å². The molecule has 0 bridgehead atoms. The van der Waals surface area contributed by atoms with Crippen LogP contribution in [0.25, 0.3) is 0 Å². The zero-order valence-corrected chi connectivity index (χ0v) is 24.4. The number of nitrogens with one attached hydrogen (secondary N) is 1. The predicted molar refractivity (Wildman–Crippen MR) is 160 cm³/mol. The third-order valence-electron chi connectivity index (χ3n) is 8.07. The molecule has 0 saturated carbocycles. The lowest BCUT2D eigenvalue weighted by Gasteiger charge is -2.27. The van der Waals surface area contributed by atoms with Gasteiger partial charge in [-0.05, 0) is 56.1 Å². The SMILES string of the molecule is O=C1N[C@@H](COCc2ccccc2)COC(=O)[C@@H](Cc2ccccc2)CCCC=CC[C@@H]1CC(=O)N1CCC[C@H]1CO. The molecule has 4 atom stereocenters. The van der Waals surface area contributed by atoms with Gasteiger partial charge < -0.3 is 24.8 Å². The molecule has 0 aliphatic carbocycles. The normalized spacial score (nSPS) is 24.1. The van der Waals surface area contributed by atoms with Crippen molar-refractivity contribution in [2.24, 2.45) is 11.8 Å². The molecule has 1 fully saturated rings. The summed E-state index contributed by atoms with van der Waals surface area (Å²) in [5.41, 5.74) is 2.09. The topological polar surface area (TPSA) is 105 Å². The second kappa shape index (κ2) is 16.8. The van der Waals surface area contributed by atoms with Gasteiger partial charge in [0.2, 0.25) is 11.8 Å². The number of carbonyl (C=O) groups is 3. The Morgan fingerprint density at radius 3 is 2.43 bits per heavy atom. The Balaban J connectivity index is 1.46. The van der Waals surface area contributed by atoms with Crippen molar-refractivity contribution < 1.29 is 29.0 Å². The van der Waals surface area contributed by atoms with Crippen LogP contribution in [0.4, 0.5) is 0 Å². The van der Waals surface area contributed by atoms with Gasteiger partial charge in [0.25, 0.3) is 0 Å². The highest BCUT2D eigenvalue weighted by Gasteiger charge is 2.32. The Morgan fingerprint density at radius 2 is 1.69 bits per heavy atom. The number of likely N-dealkylation sites (tertiary alicyclic amines) is 1. The summed E-state index contributed by atoms with van der Waals surface area (Å²) in [6.45, 7) is 1.04. The van der Waals surface area contributed by atoms with Crippen molar-refractivity contribution in [3.8, 4) is 0 Å². The molecule has 8 heteroatoms. The summed E-state index contributed by atoms with van der Waals surface area (Å²) < 4.78 is 11.7. The van der Waals surface area contributed by atoms with E-state index in [9.17, 15) is 19.5 Å². The Morgan fingerprint density at radius 1 is 0.952 bits per heavy atom. The Bertz CT molecular complexity index is 1160. The van der Waals surface area contributed by atoms with Crippen molar-refractivity contribution in [3.63, 3.8) is 0 Å². The minimum absolute atomic E-state index is 0.0140. The summed E-state index contributed by atoms with van der Waals surface area (Å²) in [6, 6.07) is 18.9. The number of esters is 1. The fraction of sp³-hybridized carbons (Fsp3) is 0.500. The van der Waals surface area contributed by atoms with Gasteiger partial charge in [0.05, 0.1) is 43.7 Å². The molecule has 2 aromatic rings. The molecule has 2 aliphatic heterocycles. The zero-order valence-electron chi connectivity index (χ0n) is 24.4. The van der Waals surface area contributed by atoms with Crippen molar-refractivity contribution in [3.05, 3.63) is 83.9 Å². The monoisotopic (exact) mass is 576 g/mol. The van der Waals surface area contributed by atoms with Crippen LogP contribution in [-0.2, 0) is 36.9 Å². The van der Waals surface area contributed by atoms with E-state index in [-0.39, 0.29) is 56.0 Å². The summed E-state index contributed by atoms with van der Waals surface area (Å²) in [5.74, 6) is -1.52. The van der Waals surface area contributed by atoms with Crippen LogP contribution in [-0.4, -0.2) is 66.2 Å². The number of hydrogen-bond acceptors (Lipinski definition) is 6. The van der Waals surface area contributed by atoms with E-state index >= 15 is 0 Å². The smallest absolute Gasteiger partial charge is 0.309 e. The van der Waals surface area contributed by atoms with Gasteiger partial charge in [-0.15, -0.1) is 0 Å². The Hall–Kier alpha value is -3.49. The number of benzene rings is 2. The maximum atomic E-state index is 13.6. The van der Waals surface area contributed by atoms with E-state index < -0.39 is 12.0 Å². The van der Waals surface area contributed by atoms with Crippen LogP contribution >= 0.6 is 0 Å². The van der Waals surface area contributed by atoms with Gasteiger partial charge in [0.1, 0.15) is 6.61 Å². The largest absolute Gasteiger partial charge is 0.463 e. The number of rotatable bonds is 9. The number of aliphatic hydroxyl groups is 1. The van der Waals surface area contributed by atoms with E-state index in [0.717, 1.165) is 36.8 Å². The predicted octanol–water partition coefficient (Wildman–Crippen LogP) is 4.21. The molecule has 226 valence electrons. The van der Waals surface area contributed by atoms with Crippen LogP contribution in [0.2, 0.25) is 0 Å². The highest BCUT2D eigenvalue weighted by molar-refractivity contribution is 5.86. The first-order chi connectivity index (χ1) is 20.5. The number of amides is 2. The minimum Gasteiger partial charge on any atom is -0.463 e. The Labute approximate surface area is 249 Å². The van der Waals surface area contributed by atoms with E-state index in [4.69, 9.17) is 9.47 Å². The van der Waals surface area contributed by atoms with Gasteiger partial charge in [-0.2, -0.15) is 0 Å². The van der Waals surface area contributed by atoms with Crippen molar-refractivity contribution in [1.29, 1.82) is 0 Å². The number of aliphatic hydroxyl groups excluding tert-OH is 1. The molecule has 2 N–H and O–H groups in total. The molecule has 2 aromatic carbocycles. The van der Waals surface area contributed by atoms with Crippen LogP contribution in [0.5, 0.6) is 0 Å². The number of hydrogen-bond donors (Lipinski definition) is 2. The maximum absolute atomic E-state index is 13.6. The first-order valence-corrected chi connectivity index (χ1v) is 15.2. The van der Waals surface area contributed by atoms with E-state index in [0.29, 0.717) is 32.4 Å². The average molecular weight is 577 g/mol. The molecule has 8 nitrogen and oxygen atoms in total. The summed E-state index contributed by atoms with van der Waals surface area (Å²) in [7, 11) is 0. The Kier molecular flexibility index (Phi) is 12.6. The number of allylic oxidation sites excluding steroid dienone is 2. The molecule has 2 amide bonds. The molecular formula is C34H44N2O6. The molecule has 2 heterocycles. The fourth-order valence-electron chi connectivity index (χ4n) is 5.67. The highest BCUT2D eigenvalue weighted by atomic mass is 16.5. The molecule has 0 aromatic heterocycles. The summed E-state index contributed by atoms with van der Waals surface area (Å²) in [6.07, 6.45) is 9.00. The molecule has 0 unspecified atom stereocenters. The van der Waals surface area contributed by atoms with E-state index in [1.165, 1.54) is 0 Å². The fourth-order valence-corrected chi connectivity index (χ4v) is 5.67. The van der Waals surface area contributed by atoms with Gasteiger partial charge in [-0.3, -0.25) is 14.4 Å². The second-order valence-corrected chi connectivity index (χ2v) is 11.3. The third-order valence-corrected chi connectivity index (χ3v) is 8.07. The van der Waals surface area contributed by atoms with Crippen LogP contribution in [0, 0.1) is 11.8 Å². The van der Waals surface area contributed by atoms with Crippen molar-refractivity contribution in [2.45, 2.75) is 70.1 Å². The van der Waals surface area contributed by atoms with Crippen molar-refractivity contribution in [1.82, 2.24) is 10.2 Å². The number of cyclic esters (lactones) is 1. The second-order valence-electron chi connectivity index (χ2n) is 11.3. The van der Waals surface area contributed by atoms with Crippen molar-refractivity contribution >= 4 is 17.8 Å². The molecule has 0 radical (unpaired) electrons. The average Bonchev–Trinajstić information content (AvgIpc) is 3.50. The first kappa shape index (κ1) is 31.4. The summed E-state index contributed by atoms with van der Waals surface area (Å²) >= 11 is 0. The van der Waals surface area contributed by atoms with Crippen LogP contribution in [0.1, 0.15) is 56.1 Å². The molecule has 4 rings (SSSR count). The van der Waals surface area contributed by atoms with E-state index in [2.05, 4.69) is 5.32 Å². The lowest BCUT2D eigenvalue weighted by Crippen LogP contribution is -2.46. The highest BCUT2D eigenvalue weighted by Crippen LogP contribution is 2.22. The standard InChI is InChI=1S/C34H44N2O6/c37-22-31-18-11-19-36(31)32(38)21-28-16-9-1-2-10-17-29(20-26-12-5-3-6-13-26)34(40)42-25-30(35-33(28)39)24-41-23-27-14-7-4-8-15-27/h1,3-9,12-15,28-31,37H,2,10-11,16-25H2,(H,35,39)/t28-,29-,30+,31+/m1/s1. The van der Waals surface area contributed by atoms with Crippen LogP contribution in [0.15, 0.2) is 72.8 Å². The van der Waals surface area contributed by atoms with Gasteiger partial charge in [0.15, 0.2) is 0 Å². The zero-order chi connectivity index (χ0) is 29.6. The third kappa shape index (κ3) is 9.81. The molecular weight excluding hydrogens is 532 g/mol. The van der Waals surface area contributed by atoms with Crippen LogP contribution < -0.4 is 5.32 Å². The van der Waals surface area contributed by atoms with Gasteiger partial charge >= 0.3 is 5.97 Å². The number of ether oxygens (including phenoxy) is 2.